The molecule has 0 unspecified atom stereocenters. The van der Waals surface area contributed by atoms with E-state index in [4.69, 9.17) is 0 Å². The summed E-state index contributed by atoms with van der Waals surface area (Å²) in [5.41, 5.74) is 1.43. The van der Waals surface area contributed by atoms with Crippen molar-refractivity contribution in [3.8, 4) is 0 Å². The molecule has 2 aromatic rings. The van der Waals surface area contributed by atoms with Crippen molar-refractivity contribution in [3.63, 3.8) is 0 Å². The van der Waals surface area contributed by atoms with Gasteiger partial charge in [0.2, 0.25) is 0 Å². The second kappa shape index (κ2) is 8.92. The molecule has 1 aliphatic heterocycles. The van der Waals surface area contributed by atoms with Gasteiger partial charge in [0, 0.05) is 0 Å². The third-order valence-electron chi connectivity index (χ3n) is 4.06. The van der Waals surface area contributed by atoms with E-state index in [1.807, 2.05) is 60.7 Å². The maximum atomic E-state index is 12.9. The average Bonchev–Trinajstić information content (AvgIpc) is 2.85. The second-order valence-electron chi connectivity index (χ2n) is 5.67. The van der Waals surface area contributed by atoms with E-state index >= 15 is 0 Å². The van der Waals surface area contributed by atoms with Gasteiger partial charge in [0.15, 0.2) is 0 Å². The van der Waals surface area contributed by atoms with E-state index in [0.29, 0.717) is 17.8 Å². The number of hydrogen-bond acceptors (Lipinski definition) is 2. The molecule has 24 heavy (non-hydrogen) atoms. The Labute approximate surface area is 186 Å². The minimum atomic E-state index is -0.588. The Balaban J connectivity index is 0.00000156. The third kappa shape index (κ3) is 3.81. The van der Waals surface area contributed by atoms with Crippen LogP contribution in [-0.2, 0) is 9.59 Å². The molecule has 0 radical (unpaired) electrons. The largest absolute Gasteiger partial charge is 1.00 e. The van der Waals surface area contributed by atoms with Crippen LogP contribution in [-0.4, -0.2) is 11.8 Å². The molecule has 1 saturated heterocycles. The molecule has 0 saturated carbocycles. The molecule has 1 aliphatic rings. The maximum absolute atomic E-state index is 12.9. The molecule has 3 rings (SSSR count). The summed E-state index contributed by atoms with van der Waals surface area (Å²) >= 11 is 0. The molecule has 0 aromatic heterocycles. The Bertz CT molecular complexity index is 640. The van der Waals surface area contributed by atoms with Crippen molar-refractivity contribution in [3.05, 3.63) is 60.7 Å². The summed E-state index contributed by atoms with van der Waals surface area (Å²) < 4.78 is 0. The number of hydrogen-bond donors (Lipinski definition) is 0. The molecule has 0 spiro atoms. The number of anilines is 2. The Morgan fingerprint density at radius 1 is 0.833 bits per heavy atom. The van der Waals surface area contributed by atoms with Gasteiger partial charge in [-0.1, -0.05) is 56.2 Å². The number of carbonyl (C=O) groups excluding carboxylic acids is 2. The van der Waals surface area contributed by atoms with Crippen molar-refractivity contribution in [2.45, 2.75) is 26.2 Å². The molecule has 4 nitrogen and oxygen atoms in total. The fourth-order valence-electron chi connectivity index (χ4n) is 2.88. The first-order valence-electron chi connectivity index (χ1n) is 8.02. The van der Waals surface area contributed by atoms with Gasteiger partial charge in [-0.2, -0.15) is 0 Å². The molecule has 0 atom stereocenters. The van der Waals surface area contributed by atoms with Crippen LogP contribution in [0.15, 0.2) is 60.7 Å². The van der Waals surface area contributed by atoms with Gasteiger partial charge in [0.1, 0.15) is 5.92 Å². The smallest absolute Gasteiger partial charge is 1.00 e. The minimum absolute atomic E-state index is 0. The zero-order valence-electron chi connectivity index (χ0n) is 15.2. The van der Waals surface area contributed by atoms with Crippen molar-refractivity contribution in [1.29, 1.82) is 0 Å². The topological polar surface area (TPSA) is 40.6 Å². The molecular weight excluding hydrogens is 327 g/mol. The summed E-state index contributed by atoms with van der Waals surface area (Å²) in [6.45, 7) is 2.06. The van der Waals surface area contributed by atoms with Crippen LogP contribution in [0.1, 0.15) is 27.6 Å². The number of para-hydroxylation sites is 2. The van der Waals surface area contributed by atoms with Gasteiger partial charge in [0.25, 0.3) is 11.8 Å². The summed E-state index contributed by atoms with van der Waals surface area (Å²) in [5.74, 6) is -0.868. The summed E-state index contributed by atoms with van der Waals surface area (Å²) in [5, 5.41) is 3.02. The quantitative estimate of drug-likeness (QED) is 0.595. The van der Waals surface area contributed by atoms with Crippen molar-refractivity contribution < 1.29 is 62.4 Å². The fourth-order valence-corrected chi connectivity index (χ4v) is 2.88. The average molecular weight is 348 g/mol. The van der Waals surface area contributed by atoms with E-state index in [1.165, 1.54) is 10.0 Å². The zero-order valence-corrected chi connectivity index (χ0v) is 17.3. The molecule has 1 heterocycles. The number of nitrogens with zero attached hydrogens (tertiary/aromatic N) is 2. The van der Waals surface area contributed by atoms with Crippen LogP contribution < -0.4 is 61.4 Å². The van der Waals surface area contributed by atoms with Crippen LogP contribution in [0, 0.1) is 5.92 Å². The Morgan fingerprint density at radius 2 is 1.25 bits per heavy atom. The number of hydrazine groups is 1. The molecular formula is C19H21KN2O2. The second-order valence-corrected chi connectivity index (χ2v) is 5.67. The molecule has 0 N–H and O–H groups in total. The number of rotatable bonds is 5. The van der Waals surface area contributed by atoms with E-state index in [1.54, 1.807) is 0 Å². The van der Waals surface area contributed by atoms with E-state index < -0.39 is 5.92 Å². The summed E-state index contributed by atoms with van der Waals surface area (Å²) in [6, 6.07) is 18.7. The zero-order chi connectivity index (χ0) is 16.2. The van der Waals surface area contributed by atoms with E-state index in [0.717, 1.165) is 12.8 Å². The van der Waals surface area contributed by atoms with Gasteiger partial charge in [-0.15, -0.1) is 0 Å². The Kier molecular flexibility index (Phi) is 7.19. The van der Waals surface area contributed by atoms with Crippen molar-refractivity contribution >= 4 is 23.2 Å². The normalized spacial score (nSPS) is 14.9. The molecule has 0 aliphatic carbocycles. The Hall–Kier alpha value is -0.984. The van der Waals surface area contributed by atoms with E-state index in [-0.39, 0.29) is 64.6 Å². The Morgan fingerprint density at radius 3 is 1.62 bits per heavy atom. The first-order chi connectivity index (χ1) is 11.2. The van der Waals surface area contributed by atoms with Gasteiger partial charge in [0.05, 0.1) is 11.4 Å². The van der Waals surface area contributed by atoms with Gasteiger partial charge in [-0.3, -0.25) is 9.59 Å². The van der Waals surface area contributed by atoms with Crippen LogP contribution in [0.5, 0.6) is 0 Å². The summed E-state index contributed by atoms with van der Waals surface area (Å²) in [6.07, 6.45) is 2.43. The van der Waals surface area contributed by atoms with Crippen LogP contribution in [0.2, 0.25) is 0 Å². The van der Waals surface area contributed by atoms with Crippen LogP contribution in [0.4, 0.5) is 11.4 Å². The van der Waals surface area contributed by atoms with E-state index in [2.05, 4.69) is 6.92 Å². The minimum Gasteiger partial charge on any atom is -1.00 e. The standard InChI is InChI=1S/C19H20N2O2.K.H/c1-2-3-14-17-18(22)20(15-10-6-4-7-11-15)21(19(17)23)16-12-8-5-9-13-16;;/h4-13,17H,2-3,14H2,1H3;;/q;+1;-1. The predicted molar refractivity (Wildman–Crippen MR) is 92.0 cm³/mol. The molecule has 2 amide bonds. The van der Waals surface area contributed by atoms with Crippen molar-refractivity contribution in [2.75, 3.05) is 10.0 Å². The van der Waals surface area contributed by atoms with Crippen LogP contribution in [0.25, 0.3) is 0 Å². The molecule has 0 bridgehead atoms. The van der Waals surface area contributed by atoms with Gasteiger partial charge in [-0.05, 0) is 30.7 Å². The van der Waals surface area contributed by atoms with Gasteiger partial charge >= 0.3 is 51.4 Å². The van der Waals surface area contributed by atoms with Crippen molar-refractivity contribution in [2.24, 2.45) is 5.92 Å². The predicted octanol–water partition coefficient (Wildman–Crippen LogP) is 0.904. The monoisotopic (exact) mass is 348 g/mol. The van der Waals surface area contributed by atoms with Crippen molar-refractivity contribution in [1.82, 2.24) is 0 Å². The number of benzene rings is 2. The van der Waals surface area contributed by atoms with Crippen LogP contribution in [0.3, 0.4) is 0 Å². The SMILES string of the molecule is CCCCC1C(=O)N(c2ccccc2)N(c2ccccc2)C1=O.[H-].[K+]. The van der Waals surface area contributed by atoms with Crippen LogP contribution >= 0.6 is 0 Å². The summed E-state index contributed by atoms with van der Waals surface area (Å²) in [4.78, 5) is 25.7. The molecule has 2 aromatic carbocycles. The van der Waals surface area contributed by atoms with E-state index in [9.17, 15) is 9.59 Å². The van der Waals surface area contributed by atoms with Gasteiger partial charge in [-0.25, -0.2) is 10.0 Å². The molecule has 1 fully saturated rings. The number of unbranched alkanes of at least 4 members (excludes halogenated alkanes) is 1. The first kappa shape index (κ1) is 19.3. The fraction of sp³-hybridized carbons (Fsp3) is 0.263. The van der Waals surface area contributed by atoms with Gasteiger partial charge < -0.3 is 1.43 Å². The number of carbonyl (C=O) groups is 2. The number of amides is 2. The first-order valence-corrected chi connectivity index (χ1v) is 8.02. The molecule has 120 valence electrons. The molecule has 5 heteroatoms. The summed E-state index contributed by atoms with van der Waals surface area (Å²) in [7, 11) is 0. The third-order valence-corrected chi connectivity index (χ3v) is 4.06. The maximum Gasteiger partial charge on any atom is 1.00 e.